The van der Waals surface area contributed by atoms with Gasteiger partial charge in [0.25, 0.3) is 0 Å². The van der Waals surface area contributed by atoms with Gasteiger partial charge in [-0.2, -0.15) is 0 Å². The quantitative estimate of drug-likeness (QED) is 0.880. The molecule has 0 aliphatic heterocycles. The minimum atomic E-state index is -0.339. The van der Waals surface area contributed by atoms with Gasteiger partial charge in [-0.3, -0.25) is 0 Å². The molecule has 2 aromatic rings. The summed E-state index contributed by atoms with van der Waals surface area (Å²) in [6, 6.07) is 9.87. The van der Waals surface area contributed by atoms with Gasteiger partial charge in [-0.15, -0.1) is 0 Å². The van der Waals surface area contributed by atoms with Crippen LogP contribution in [0.2, 0.25) is 5.02 Å². The van der Waals surface area contributed by atoms with Gasteiger partial charge in [0, 0.05) is 22.7 Å². The molecule has 21 heavy (non-hydrogen) atoms. The number of hydrogen-bond acceptors (Lipinski definition) is 3. The van der Waals surface area contributed by atoms with Crippen LogP contribution in [0.25, 0.3) is 0 Å². The summed E-state index contributed by atoms with van der Waals surface area (Å²) < 4.78 is 24.4. The van der Waals surface area contributed by atoms with E-state index in [4.69, 9.17) is 21.1 Å². The number of benzene rings is 2. The lowest BCUT2D eigenvalue weighted by atomic mass is 10.1. The van der Waals surface area contributed by atoms with E-state index in [9.17, 15) is 4.39 Å². The Labute approximate surface area is 128 Å². The highest BCUT2D eigenvalue weighted by Gasteiger charge is 2.11. The molecule has 0 atom stereocenters. The summed E-state index contributed by atoms with van der Waals surface area (Å²) in [5.74, 6) is 0.929. The van der Waals surface area contributed by atoms with Gasteiger partial charge in [-0.1, -0.05) is 23.7 Å². The average Bonchev–Trinajstić information content (AvgIpc) is 2.49. The fourth-order valence-corrected chi connectivity index (χ4v) is 2.19. The Morgan fingerprint density at radius 2 is 2.00 bits per heavy atom. The van der Waals surface area contributed by atoms with Gasteiger partial charge < -0.3 is 14.8 Å². The van der Waals surface area contributed by atoms with E-state index < -0.39 is 0 Å². The Bertz CT molecular complexity index is 619. The highest BCUT2D eigenvalue weighted by molar-refractivity contribution is 6.31. The molecule has 112 valence electrons. The van der Waals surface area contributed by atoms with Crippen molar-refractivity contribution in [3.05, 3.63) is 58.4 Å². The van der Waals surface area contributed by atoms with Crippen LogP contribution >= 0.6 is 11.6 Å². The van der Waals surface area contributed by atoms with Crippen molar-refractivity contribution in [3.8, 4) is 11.5 Å². The molecule has 2 rings (SSSR count). The Morgan fingerprint density at radius 1 is 1.19 bits per heavy atom. The summed E-state index contributed by atoms with van der Waals surface area (Å²) in [5, 5.41) is 3.55. The third-order valence-corrected chi connectivity index (χ3v) is 3.40. The Hall–Kier alpha value is -1.78. The molecule has 3 nitrogen and oxygen atoms in total. The maximum Gasteiger partial charge on any atom is 0.166 e. The van der Waals surface area contributed by atoms with E-state index in [-0.39, 0.29) is 12.4 Å². The second kappa shape index (κ2) is 7.29. The fraction of sp³-hybridized carbons (Fsp3) is 0.250. The minimum Gasteiger partial charge on any atom is -0.493 e. The lowest BCUT2D eigenvalue weighted by molar-refractivity contribution is 0.280. The molecular formula is C16H17ClFNO2. The molecule has 2 aromatic carbocycles. The Kier molecular flexibility index (Phi) is 5.42. The number of methoxy groups -OCH3 is 1. The Balaban J connectivity index is 2.24. The largest absolute Gasteiger partial charge is 0.493 e. The van der Waals surface area contributed by atoms with Crippen molar-refractivity contribution in [2.75, 3.05) is 14.2 Å². The molecule has 5 heteroatoms. The van der Waals surface area contributed by atoms with E-state index in [2.05, 4.69) is 5.32 Å². The number of para-hydroxylation sites is 1. The predicted octanol–water partition coefficient (Wildman–Crippen LogP) is 3.79. The zero-order valence-electron chi connectivity index (χ0n) is 12.0. The highest BCUT2D eigenvalue weighted by Crippen LogP contribution is 2.32. The third-order valence-electron chi connectivity index (χ3n) is 3.03. The first-order chi connectivity index (χ1) is 10.2. The molecule has 0 aliphatic carbocycles. The van der Waals surface area contributed by atoms with Crippen LogP contribution in [0.15, 0.2) is 36.4 Å². The summed E-state index contributed by atoms with van der Waals surface area (Å²) >= 11 is 6.05. The maximum atomic E-state index is 13.3. The zero-order chi connectivity index (χ0) is 15.2. The van der Waals surface area contributed by atoms with E-state index in [1.165, 1.54) is 18.2 Å². The SMILES string of the molecule is CNCc1cccc(OC)c1OCc1cc(F)ccc1Cl. The topological polar surface area (TPSA) is 30.5 Å². The molecule has 0 saturated heterocycles. The van der Waals surface area contributed by atoms with Crippen LogP contribution in [0.5, 0.6) is 11.5 Å². The fourth-order valence-electron chi connectivity index (χ4n) is 2.02. The normalized spacial score (nSPS) is 10.5. The first-order valence-electron chi connectivity index (χ1n) is 6.53. The van der Waals surface area contributed by atoms with Crippen LogP contribution in [-0.4, -0.2) is 14.2 Å². The van der Waals surface area contributed by atoms with Gasteiger partial charge in [0.15, 0.2) is 11.5 Å². The summed E-state index contributed by atoms with van der Waals surface area (Å²) in [6.45, 7) is 0.817. The smallest absolute Gasteiger partial charge is 0.166 e. The first kappa shape index (κ1) is 15.6. The van der Waals surface area contributed by atoms with Crippen LogP contribution < -0.4 is 14.8 Å². The predicted molar refractivity (Wildman–Crippen MR) is 81.5 cm³/mol. The summed E-state index contributed by atoms with van der Waals surface area (Å²) in [6.07, 6.45) is 0. The summed E-state index contributed by atoms with van der Waals surface area (Å²) in [5.41, 5.74) is 1.56. The van der Waals surface area contributed by atoms with Gasteiger partial charge in [0.1, 0.15) is 12.4 Å². The van der Waals surface area contributed by atoms with E-state index >= 15 is 0 Å². The van der Waals surface area contributed by atoms with Crippen molar-refractivity contribution in [1.29, 1.82) is 0 Å². The third kappa shape index (κ3) is 3.86. The van der Waals surface area contributed by atoms with Crippen molar-refractivity contribution in [3.63, 3.8) is 0 Å². The molecule has 0 saturated carbocycles. The molecule has 0 amide bonds. The zero-order valence-corrected chi connectivity index (χ0v) is 12.7. The van der Waals surface area contributed by atoms with Crippen molar-refractivity contribution in [2.24, 2.45) is 0 Å². The monoisotopic (exact) mass is 309 g/mol. The van der Waals surface area contributed by atoms with Crippen molar-refractivity contribution < 1.29 is 13.9 Å². The van der Waals surface area contributed by atoms with Gasteiger partial charge >= 0.3 is 0 Å². The molecule has 0 fully saturated rings. The summed E-state index contributed by atoms with van der Waals surface area (Å²) in [7, 11) is 3.44. The van der Waals surface area contributed by atoms with Crippen LogP contribution in [0.4, 0.5) is 4.39 Å². The van der Waals surface area contributed by atoms with Crippen LogP contribution in [-0.2, 0) is 13.2 Å². The number of nitrogens with one attached hydrogen (secondary N) is 1. The molecular weight excluding hydrogens is 293 g/mol. The standard InChI is InChI=1S/C16H17ClFNO2/c1-19-9-11-4-3-5-15(20-2)16(11)21-10-12-8-13(18)6-7-14(12)17/h3-8,19H,9-10H2,1-2H3. The second-order valence-electron chi connectivity index (χ2n) is 4.50. The summed E-state index contributed by atoms with van der Waals surface area (Å²) in [4.78, 5) is 0. The van der Waals surface area contributed by atoms with Crippen LogP contribution in [0, 0.1) is 5.82 Å². The van der Waals surface area contributed by atoms with E-state index in [1.807, 2.05) is 25.2 Å². The first-order valence-corrected chi connectivity index (χ1v) is 6.90. The van der Waals surface area contributed by atoms with Crippen molar-refractivity contribution >= 4 is 11.6 Å². The van der Waals surface area contributed by atoms with Crippen molar-refractivity contribution in [2.45, 2.75) is 13.2 Å². The molecule has 0 radical (unpaired) electrons. The minimum absolute atomic E-state index is 0.174. The van der Waals surface area contributed by atoms with E-state index in [1.54, 1.807) is 7.11 Å². The molecule has 0 aromatic heterocycles. The van der Waals surface area contributed by atoms with E-state index in [0.717, 1.165) is 5.56 Å². The molecule has 0 aliphatic rings. The molecule has 0 spiro atoms. The Morgan fingerprint density at radius 3 is 2.71 bits per heavy atom. The second-order valence-corrected chi connectivity index (χ2v) is 4.91. The van der Waals surface area contributed by atoms with Gasteiger partial charge in [0.05, 0.1) is 7.11 Å². The van der Waals surface area contributed by atoms with Crippen molar-refractivity contribution in [1.82, 2.24) is 5.32 Å². The molecule has 1 N–H and O–H groups in total. The highest BCUT2D eigenvalue weighted by atomic mass is 35.5. The van der Waals surface area contributed by atoms with Gasteiger partial charge in [-0.05, 0) is 31.3 Å². The van der Waals surface area contributed by atoms with Gasteiger partial charge in [0.2, 0.25) is 0 Å². The molecule has 0 heterocycles. The molecule has 0 unspecified atom stereocenters. The number of ether oxygens (including phenoxy) is 2. The van der Waals surface area contributed by atoms with Gasteiger partial charge in [-0.25, -0.2) is 4.39 Å². The number of rotatable bonds is 6. The van der Waals surface area contributed by atoms with Crippen LogP contribution in [0.3, 0.4) is 0 Å². The average molecular weight is 310 g/mol. The number of halogens is 2. The lowest BCUT2D eigenvalue weighted by Gasteiger charge is -2.15. The lowest BCUT2D eigenvalue weighted by Crippen LogP contribution is -2.08. The van der Waals surface area contributed by atoms with E-state index in [0.29, 0.717) is 28.6 Å². The molecule has 0 bridgehead atoms. The van der Waals surface area contributed by atoms with Crippen LogP contribution in [0.1, 0.15) is 11.1 Å². The number of hydrogen-bond donors (Lipinski definition) is 1. The maximum absolute atomic E-state index is 13.3.